The molecule has 2 rings (SSSR count). The fraction of sp³-hybridized carbons (Fsp3) is 0.133. The summed E-state index contributed by atoms with van der Waals surface area (Å²) in [5.74, 6) is 5.81. The first-order chi connectivity index (χ1) is 8.18. The molecule has 0 aliphatic carbocycles. The molecular weight excluding hydrogens is 210 g/mol. The molecule has 0 aliphatic heterocycles. The molecule has 0 amide bonds. The lowest BCUT2D eigenvalue weighted by Gasteiger charge is -2.15. The maximum Gasteiger partial charge on any atom is 0.150 e. The Balaban J connectivity index is 2.27. The van der Waals surface area contributed by atoms with Gasteiger partial charge in [0, 0.05) is 23.5 Å². The molecule has 1 aromatic heterocycles. The lowest BCUT2D eigenvalue weighted by molar-refractivity contribution is 0.122. The molecule has 0 radical (unpaired) electrons. The Hall–Kier alpha value is -2.11. The highest BCUT2D eigenvalue weighted by atomic mass is 16.3. The van der Waals surface area contributed by atoms with Crippen LogP contribution in [-0.4, -0.2) is 10.1 Å². The lowest BCUT2D eigenvalue weighted by atomic mass is 9.98. The van der Waals surface area contributed by atoms with Crippen molar-refractivity contribution in [2.75, 3.05) is 0 Å². The van der Waals surface area contributed by atoms with E-state index in [9.17, 15) is 5.11 Å². The third-order valence-corrected chi connectivity index (χ3v) is 2.45. The smallest absolute Gasteiger partial charge is 0.150 e. The van der Waals surface area contributed by atoms with Crippen LogP contribution < -0.4 is 0 Å². The molecule has 1 N–H and O–H groups in total. The predicted molar refractivity (Wildman–Crippen MR) is 67.1 cm³/mol. The van der Waals surface area contributed by atoms with Crippen LogP contribution in [0.5, 0.6) is 0 Å². The summed E-state index contributed by atoms with van der Waals surface area (Å²) in [6, 6.07) is 13.2. The van der Waals surface area contributed by atoms with Crippen molar-refractivity contribution in [3.8, 4) is 11.8 Å². The van der Waals surface area contributed by atoms with Crippen molar-refractivity contribution in [3.05, 3.63) is 66.0 Å². The van der Waals surface area contributed by atoms with Crippen LogP contribution in [0.2, 0.25) is 0 Å². The van der Waals surface area contributed by atoms with E-state index in [2.05, 4.69) is 16.8 Å². The van der Waals surface area contributed by atoms with Gasteiger partial charge in [0.2, 0.25) is 0 Å². The second kappa shape index (κ2) is 4.82. The normalized spacial score (nSPS) is 13.3. The SMILES string of the molecule is C[C@@](O)(C#Cc1ccccc1)c1cccnc1. The first-order valence-electron chi connectivity index (χ1n) is 5.39. The summed E-state index contributed by atoms with van der Waals surface area (Å²) >= 11 is 0. The van der Waals surface area contributed by atoms with E-state index in [1.807, 2.05) is 36.4 Å². The Morgan fingerprint density at radius 1 is 1.12 bits per heavy atom. The molecule has 2 nitrogen and oxygen atoms in total. The van der Waals surface area contributed by atoms with E-state index >= 15 is 0 Å². The molecule has 17 heavy (non-hydrogen) atoms. The zero-order valence-electron chi connectivity index (χ0n) is 9.59. The molecule has 1 atom stereocenters. The van der Waals surface area contributed by atoms with E-state index in [0.717, 1.165) is 5.56 Å². The summed E-state index contributed by atoms with van der Waals surface area (Å²) in [4.78, 5) is 3.98. The maximum absolute atomic E-state index is 10.2. The van der Waals surface area contributed by atoms with E-state index in [1.54, 1.807) is 25.4 Å². The molecule has 1 aromatic carbocycles. The number of nitrogens with zero attached hydrogens (tertiary/aromatic N) is 1. The Bertz CT molecular complexity index is 535. The highest BCUT2D eigenvalue weighted by molar-refractivity contribution is 5.38. The average molecular weight is 223 g/mol. The molecule has 0 aliphatic rings. The second-order valence-electron chi connectivity index (χ2n) is 3.93. The van der Waals surface area contributed by atoms with Crippen LogP contribution >= 0.6 is 0 Å². The molecule has 0 fully saturated rings. The Labute approximate surface area is 101 Å². The van der Waals surface area contributed by atoms with Crippen molar-refractivity contribution in [1.29, 1.82) is 0 Å². The molecule has 0 unspecified atom stereocenters. The van der Waals surface area contributed by atoms with Gasteiger partial charge in [-0.25, -0.2) is 0 Å². The van der Waals surface area contributed by atoms with Gasteiger partial charge in [-0.05, 0) is 25.1 Å². The van der Waals surface area contributed by atoms with Gasteiger partial charge in [0.15, 0.2) is 0 Å². The minimum absolute atomic E-state index is 0.698. The number of pyridine rings is 1. The highest BCUT2D eigenvalue weighted by Crippen LogP contribution is 2.18. The van der Waals surface area contributed by atoms with E-state index in [-0.39, 0.29) is 0 Å². The Morgan fingerprint density at radius 3 is 2.53 bits per heavy atom. The van der Waals surface area contributed by atoms with E-state index in [4.69, 9.17) is 0 Å². The fourth-order valence-corrected chi connectivity index (χ4v) is 1.44. The number of aromatic nitrogens is 1. The highest BCUT2D eigenvalue weighted by Gasteiger charge is 2.19. The van der Waals surface area contributed by atoms with Gasteiger partial charge >= 0.3 is 0 Å². The van der Waals surface area contributed by atoms with Crippen molar-refractivity contribution in [3.63, 3.8) is 0 Å². The number of hydrogen-bond acceptors (Lipinski definition) is 2. The van der Waals surface area contributed by atoms with Gasteiger partial charge in [-0.3, -0.25) is 4.98 Å². The topological polar surface area (TPSA) is 33.1 Å². The van der Waals surface area contributed by atoms with Crippen molar-refractivity contribution in [2.24, 2.45) is 0 Å². The quantitative estimate of drug-likeness (QED) is 0.753. The van der Waals surface area contributed by atoms with Crippen LogP contribution in [0, 0.1) is 11.8 Å². The van der Waals surface area contributed by atoms with Crippen LogP contribution in [0.4, 0.5) is 0 Å². The van der Waals surface area contributed by atoms with Crippen molar-refractivity contribution in [2.45, 2.75) is 12.5 Å². The molecule has 2 heteroatoms. The largest absolute Gasteiger partial charge is 0.374 e. The van der Waals surface area contributed by atoms with Gasteiger partial charge in [0.25, 0.3) is 0 Å². The molecule has 0 saturated heterocycles. The molecule has 84 valence electrons. The van der Waals surface area contributed by atoms with Gasteiger partial charge in [-0.2, -0.15) is 0 Å². The Morgan fingerprint density at radius 2 is 1.88 bits per heavy atom. The maximum atomic E-state index is 10.2. The zero-order chi connectivity index (χ0) is 12.1. The first kappa shape index (κ1) is 11.4. The third-order valence-electron chi connectivity index (χ3n) is 2.45. The molecule has 0 bridgehead atoms. The van der Waals surface area contributed by atoms with Crippen LogP contribution in [-0.2, 0) is 5.60 Å². The van der Waals surface area contributed by atoms with Crippen LogP contribution in [0.1, 0.15) is 18.1 Å². The third kappa shape index (κ3) is 2.93. The number of aliphatic hydroxyl groups is 1. The minimum atomic E-state index is -1.18. The van der Waals surface area contributed by atoms with Crippen molar-refractivity contribution in [1.82, 2.24) is 4.98 Å². The molecular formula is C15H13NO. The van der Waals surface area contributed by atoms with Gasteiger partial charge < -0.3 is 5.11 Å². The molecule has 2 aromatic rings. The number of rotatable bonds is 1. The summed E-state index contributed by atoms with van der Waals surface area (Å²) < 4.78 is 0. The van der Waals surface area contributed by atoms with Gasteiger partial charge in [-0.15, -0.1) is 0 Å². The standard InChI is InChI=1S/C15H13NO/c1-15(17,14-8-5-11-16-12-14)10-9-13-6-3-2-4-7-13/h2-8,11-12,17H,1H3/t15-/m1/s1. The zero-order valence-corrected chi connectivity index (χ0v) is 9.59. The minimum Gasteiger partial charge on any atom is -0.374 e. The molecule has 1 heterocycles. The van der Waals surface area contributed by atoms with Crippen molar-refractivity contribution < 1.29 is 5.11 Å². The van der Waals surface area contributed by atoms with Crippen LogP contribution in [0.15, 0.2) is 54.9 Å². The van der Waals surface area contributed by atoms with Crippen LogP contribution in [0.25, 0.3) is 0 Å². The first-order valence-corrected chi connectivity index (χ1v) is 5.39. The van der Waals surface area contributed by atoms with Crippen LogP contribution in [0.3, 0.4) is 0 Å². The molecule has 0 saturated carbocycles. The molecule has 0 spiro atoms. The summed E-state index contributed by atoms with van der Waals surface area (Å²) in [5, 5.41) is 10.2. The lowest BCUT2D eigenvalue weighted by Crippen LogP contribution is -2.18. The Kier molecular flexibility index (Phi) is 3.22. The summed E-state index contributed by atoms with van der Waals surface area (Å²) in [6.45, 7) is 1.67. The summed E-state index contributed by atoms with van der Waals surface area (Å²) in [6.07, 6.45) is 3.30. The van der Waals surface area contributed by atoms with Gasteiger partial charge in [0.05, 0.1) is 0 Å². The predicted octanol–water partition coefficient (Wildman–Crippen LogP) is 2.34. The van der Waals surface area contributed by atoms with E-state index in [0.29, 0.717) is 5.56 Å². The summed E-state index contributed by atoms with van der Waals surface area (Å²) in [5.41, 5.74) is 0.407. The number of benzene rings is 1. The second-order valence-corrected chi connectivity index (χ2v) is 3.93. The van der Waals surface area contributed by atoms with Gasteiger partial charge in [-0.1, -0.05) is 36.1 Å². The van der Waals surface area contributed by atoms with E-state index in [1.165, 1.54) is 0 Å². The fourth-order valence-electron chi connectivity index (χ4n) is 1.44. The summed E-state index contributed by atoms with van der Waals surface area (Å²) in [7, 11) is 0. The van der Waals surface area contributed by atoms with Crippen molar-refractivity contribution >= 4 is 0 Å². The number of hydrogen-bond donors (Lipinski definition) is 1. The monoisotopic (exact) mass is 223 g/mol. The van der Waals surface area contributed by atoms with Gasteiger partial charge in [0.1, 0.15) is 5.60 Å². The van der Waals surface area contributed by atoms with E-state index < -0.39 is 5.60 Å². The average Bonchev–Trinajstić information content (AvgIpc) is 2.39.